The van der Waals surface area contributed by atoms with Crippen molar-refractivity contribution in [1.82, 2.24) is 5.32 Å². The van der Waals surface area contributed by atoms with Crippen molar-refractivity contribution in [3.63, 3.8) is 0 Å². The van der Waals surface area contributed by atoms with Gasteiger partial charge < -0.3 is 21.5 Å². The number of nitrogens with one attached hydrogen (secondary N) is 2. The van der Waals surface area contributed by atoms with Crippen LogP contribution < -0.4 is 16.4 Å². The highest BCUT2D eigenvalue weighted by Crippen LogP contribution is 2.03. The second-order valence-corrected chi connectivity index (χ2v) is 3.85. The summed E-state index contributed by atoms with van der Waals surface area (Å²) in [7, 11) is 0. The molecule has 1 aromatic rings. The van der Waals surface area contributed by atoms with E-state index in [1.807, 2.05) is 6.07 Å². The molecule has 1 aromatic carbocycles. The van der Waals surface area contributed by atoms with Gasteiger partial charge in [-0.3, -0.25) is 9.59 Å². The molecule has 0 aromatic heterocycles. The maximum absolute atomic E-state index is 11.5. The molecule has 0 aliphatic carbocycles. The SMILES string of the molecule is NC(=O)CC(NC(=O)CNc1ccccc1)C(=O)O. The topological polar surface area (TPSA) is 122 Å². The Morgan fingerprint density at radius 3 is 2.37 bits per heavy atom. The summed E-state index contributed by atoms with van der Waals surface area (Å²) in [5.74, 6) is -2.62. The van der Waals surface area contributed by atoms with Crippen LogP contribution in [0.15, 0.2) is 30.3 Å². The van der Waals surface area contributed by atoms with Gasteiger partial charge in [0.2, 0.25) is 11.8 Å². The summed E-state index contributed by atoms with van der Waals surface area (Å²) in [6.07, 6.45) is -0.438. The fourth-order valence-electron chi connectivity index (χ4n) is 1.38. The molecule has 1 rings (SSSR count). The molecule has 1 atom stereocenters. The van der Waals surface area contributed by atoms with Gasteiger partial charge in [-0.15, -0.1) is 0 Å². The van der Waals surface area contributed by atoms with Crippen LogP contribution in [0.5, 0.6) is 0 Å². The average molecular weight is 265 g/mol. The molecule has 0 radical (unpaired) electrons. The van der Waals surface area contributed by atoms with Crippen molar-refractivity contribution < 1.29 is 19.5 Å². The van der Waals surface area contributed by atoms with E-state index in [0.717, 1.165) is 5.69 Å². The number of carbonyl (C=O) groups is 3. The molecule has 0 saturated carbocycles. The molecule has 7 heteroatoms. The second-order valence-electron chi connectivity index (χ2n) is 3.85. The summed E-state index contributed by atoms with van der Waals surface area (Å²) >= 11 is 0. The molecule has 5 N–H and O–H groups in total. The molecule has 7 nitrogen and oxygen atoms in total. The van der Waals surface area contributed by atoms with E-state index in [0.29, 0.717) is 0 Å². The Hall–Kier alpha value is -2.57. The summed E-state index contributed by atoms with van der Waals surface area (Å²) in [5.41, 5.74) is 5.64. The van der Waals surface area contributed by atoms with Crippen molar-refractivity contribution in [2.45, 2.75) is 12.5 Å². The van der Waals surface area contributed by atoms with Gasteiger partial charge in [-0.05, 0) is 12.1 Å². The molecule has 0 aliphatic heterocycles. The van der Waals surface area contributed by atoms with Crippen LogP contribution in [-0.4, -0.2) is 35.5 Å². The van der Waals surface area contributed by atoms with Crippen molar-refractivity contribution in [2.24, 2.45) is 5.73 Å². The molecule has 0 bridgehead atoms. The molecule has 1 unspecified atom stereocenters. The maximum Gasteiger partial charge on any atom is 0.326 e. The minimum Gasteiger partial charge on any atom is -0.480 e. The summed E-state index contributed by atoms with van der Waals surface area (Å²) < 4.78 is 0. The number of primary amides is 1. The Morgan fingerprint density at radius 1 is 1.21 bits per heavy atom. The number of nitrogens with two attached hydrogens (primary N) is 1. The number of amides is 2. The number of benzene rings is 1. The first kappa shape index (κ1) is 14.5. The second kappa shape index (κ2) is 7.00. The number of hydrogen-bond donors (Lipinski definition) is 4. The van der Waals surface area contributed by atoms with E-state index >= 15 is 0 Å². The molecule has 102 valence electrons. The predicted octanol–water partition coefficient (Wildman–Crippen LogP) is -0.457. The van der Waals surface area contributed by atoms with Crippen LogP contribution in [0, 0.1) is 0 Å². The summed E-state index contributed by atoms with van der Waals surface area (Å²) in [6.45, 7) is -0.0907. The van der Waals surface area contributed by atoms with Crippen LogP contribution in [-0.2, 0) is 14.4 Å². The third-order valence-corrected chi connectivity index (χ3v) is 2.27. The zero-order valence-electron chi connectivity index (χ0n) is 10.1. The van der Waals surface area contributed by atoms with Gasteiger partial charge in [0, 0.05) is 5.69 Å². The van der Waals surface area contributed by atoms with E-state index in [4.69, 9.17) is 10.8 Å². The van der Waals surface area contributed by atoms with Crippen LogP contribution in [0.1, 0.15) is 6.42 Å². The fourth-order valence-corrected chi connectivity index (χ4v) is 1.38. The van der Waals surface area contributed by atoms with Crippen LogP contribution in [0.3, 0.4) is 0 Å². The Bertz CT molecular complexity index is 461. The summed E-state index contributed by atoms with van der Waals surface area (Å²) in [4.78, 5) is 33.0. The average Bonchev–Trinajstić information content (AvgIpc) is 2.36. The van der Waals surface area contributed by atoms with Crippen LogP contribution >= 0.6 is 0 Å². The first-order valence-corrected chi connectivity index (χ1v) is 5.58. The number of para-hydroxylation sites is 1. The number of carboxylic acid groups (broad SMARTS) is 1. The monoisotopic (exact) mass is 265 g/mol. The lowest BCUT2D eigenvalue weighted by molar-refractivity contribution is -0.143. The standard InChI is InChI=1S/C12H15N3O4/c13-10(16)6-9(12(18)19)15-11(17)7-14-8-4-2-1-3-5-8/h1-5,9,14H,6-7H2,(H2,13,16)(H,15,17)(H,18,19). The molecule has 19 heavy (non-hydrogen) atoms. The number of carboxylic acids is 1. The van der Waals surface area contributed by atoms with Crippen LogP contribution in [0.4, 0.5) is 5.69 Å². The molecule has 0 aliphatic rings. The van der Waals surface area contributed by atoms with E-state index in [1.54, 1.807) is 24.3 Å². The fraction of sp³-hybridized carbons (Fsp3) is 0.250. The number of rotatable bonds is 7. The van der Waals surface area contributed by atoms with Crippen molar-refractivity contribution in [3.8, 4) is 0 Å². The Kier molecular flexibility index (Phi) is 5.34. The van der Waals surface area contributed by atoms with Crippen LogP contribution in [0.25, 0.3) is 0 Å². The lowest BCUT2D eigenvalue weighted by atomic mass is 10.2. The third-order valence-electron chi connectivity index (χ3n) is 2.27. The molecule has 0 heterocycles. The van der Waals surface area contributed by atoms with E-state index < -0.39 is 30.2 Å². The van der Waals surface area contributed by atoms with Gasteiger partial charge in [0.1, 0.15) is 6.04 Å². The first-order chi connectivity index (χ1) is 8.99. The Morgan fingerprint density at radius 2 is 1.84 bits per heavy atom. The zero-order valence-corrected chi connectivity index (χ0v) is 10.1. The number of hydrogen-bond acceptors (Lipinski definition) is 4. The van der Waals surface area contributed by atoms with E-state index in [1.165, 1.54) is 0 Å². The highest BCUT2D eigenvalue weighted by atomic mass is 16.4. The van der Waals surface area contributed by atoms with E-state index in [9.17, 15) is 14.4 Å². The Labute approximate surface area is 109 Å². The largest absolute Gasteiger partial charge is 0.480 e. The summed E-state index contributed by atoms with van der Waals surface area (Å²) in [6, 6.07) is 7.67. The molecule has 2 amide bonds. The number of aliphatic carboxylic acids is 1. The van der Waals surface area contributed by atoms with Gasteiger partial charge in [-0.2, -0.15) is 0 Å². The van der Waals surface area contributed by atoms with Gasteiger partial charge in [0.15, 0.2) is 0 Å². The summed E-state index contributed by atoms with van der Waals surface area (Å²) in [5, 5.41) is 13.9. The van der Waals surface area contributed by atoms with E-state index in [-0.39, 0.29) is 6.54 Å². The van der Waals surface area contributed by atoms with Gasteiger partial charge in [-0.25, -0.2) is 4.79 Å². The van der Waals surface area contributed by atoms with Crippen LogP contribution in [0.2, 0.25) is 0 Å². The van der Waals surface area contributed by atoms with Crippen molar-refractivity contribution in [1.29, 1.82) is 0 Å². The number of anilines is 1. The smallest absolute Gasteiger partial charge is 0.326 e. The maximum atomic E-state index is 11.5. The lowest BCUT2D eigenvalue weighted by Gasteiger charge is -2.13. The molecule has 0 fully saturated rings. The van der Waals surface area contributed by atoms with Crippen molar-refractivity contribution >= 4 is 23.5 Å². The highest BCUT2D eigenvalue weighted by Gasteiger charge is 2.21. The van der Waals surface area contributed by atoms with Gasteiger partial charge >= 0.3 is 5.97 Å². The zero-order chi connectivity index (χ0) is 14.3. The lowest BCUT2D eigenvalue weighted by Crippen LogP contribution is -2.45. The van der Waals surface area contributed by atoms with Gasteiger partial charge in [0.25, 0.3) is 0 Å². The minimum absolute atomic E-state index is 0.0907. The quantitative estimate of drug-likeness (QED) is 0.531. The molecule has 0 spiro atoms. The first-order valence-electron chi connectivity index (χ1n) is 5.58. The van der Waals surface area contributed by atoms with E-state index in [2.05, 4.69) is 10.6 Å². The van der Waals surface area contributed by atoms with Crippen molar-refractivity contribution in [3.05, 3.63) is 30.3 Å². The molecule has 0 saturated heterocycles. The van der Waals surface area contributed by atoms with Gasteiger partial charge in [0.05, 0.1) is 13.0 Å². The highest BCUT2D eigenvalue weighted by molar-refractivity contribution is 5.89. The predicted molar refractivity (Wildman–Crippen MR) is 68.3 cm³/mol. The minimum atomic E-state index is -1.30. The molecular formula is C12H15N3O4. The number of carbonyl (C=O) groups excluding carboxylic acids is 2. The third kappa shape index (κ3) is 5.53. The molecular weight excluding hydrogens is 250 g/mol. The Balaban J connectivity index is 2.45. The van der Waals surface area contributed by atoms with Crippen molar-refractivity contribution in [2.75, 3.05) is 11.9 Å². The normalized spacial score (nSPS) is 11.4. The van der Waals surface area contributed by atoms with Gasteiger partial charge in [-0.1, -0.05) is 18.2 Å².